The summed E-state index contributed by atoms with van der Waals surface area (Å²) in [7, 11) is -2.71. The molecular formula is C42H29BSSi. The molecule has 0 spiro atoms. The lowest BCUT2D eigenvalue weighted by atomic mass is 9.36. The van der Waals surface area contributed by atoms with Gasteiger partial charge in [0.05, 0.1) is 0 Å². The first-order valence-electron chi connectivity index (χ1n) is 15.6. The topological polar surface area (TPSA) is 0 Å². The first-order valence-corrected chi connectivity index (χ1v) is 18.5. The van der Waals surface area contributed by atoms with Crippen molar-refractivity contribution in [3.63, 3.8) is 0 Å². The van der Waals surface area contributed by atoms with E-state index in [1.165, 1.54) is 69.2 Å². The Morgan fingerprint density at radius 3 is 1.64 bits per heavy atom. The maximum Gasteiger partial charge on any atom is 0.243 e. The van der Waals surface area contributed by atoms with Gasteiger partial charge in [-0.2, -0.15) is 0 Å². The van der Waals surface area contributed by atoms with Crippen LogP contribution >= 0.6 is 11.8 Å². The Morgan fingerprint density at radius 1 is 0.378 bits per heavy atom. The molecule has 0 nitrogen and oxygen atoms in total. The summed E-state index contributed by atoms with van der Waals surface area (Å²) >= 11 is 1.95. The minimum atomic E-state index is -2.71. The third kappa shape index (κ3) is 4.08. The second-order valence-electron chi connectivity index (χ2n) is 12.0. The predicted octanol–water partition coefficient (Wildman–Crippen LogP) is 5.69. The molecule has 0 unspecified atom stereocenters. The van der Waals surface area contributed by atoms with Gasteiger partial charge >= 0.3 is 0 Å². The minimum absolute atomic E-state index is 0.210. The maximum atomic E-state index is 2.58. The van der Waals surface area contributed by atoms with Crippen molar-refractivity contribution in [1.82, 2.24) is 0 Å². The van der Waals surface area contributed by atoms with Crippen LogP contribution in [0.15, 0.2) is 186 Å². The second kappa shape index (κ2) is 10.7. The third-order valence-electron chi connectivity index (χ3n) is 9.68. The van der Waals surface area contributed by atoms with Crippen molar-refractivity contribution in [3.8, 4) is 22.3 Å². The Hall–Kier alpha value is -4.83. The maximum absolute atomic E-state index is 2.71. The van der Waals surface area contributed by atoms with Gasteiger partial charge < -0.3 is 0 Å². The van der Waals surface area contributed by atoms with E-state index < -0.39 is 8.07 Å². The van der Waals surface area contributed by atoms with Crippen molar-refractivity contribution in [2.24, 2.45) is 0 Å². The summed E-state index contributed by atoms with van der Waals surface area (Å²) in [6.45, 7) is 0.210. The molecule has 2 aliphatic heterocycles. The van der Waals surface area contributed by atoms with Gasteiger partial charge in [-0.1, -0.05) is 186 Å². The Balaban J connectivity index is 1.41. The van der Waals surface area contributed by atoms with Gasteiger partial charge in [-0.3, -0.25) is 0 Å². The van der Waals surface area contributed by atoms with Crippen LogP contribution in [0.25, 0.3) is 22.3 Å². The molecule has 0 saturated carbocycles. The van der Waals surface area contributed by atoms with Gasteiger partial charge in [-0.25, -0.2) is 0 Å². The number of hydrogen-bond donors (Lipinski definition) is 0. The molecule has 0 atom stereocenters. The summed E-state index contributed by atoms with van der Waals surface area (Å²) in [5.74, 6) is 0. The zero-order valence-corrected chi connectivity index (χ0v) is 26.5. The van der Waals surface area contributed by atoms with Gasteiger partial charge in [0.15, 0.2) is 8.07 Å². The molecule has 0 N–H and O–H groups in total. The highest BCUT2D eigenvalue weighted by Gasteiger charge is 2.52. The quantitative estimate of drug-likeness (QED) is 0.233. The van der Waals surface area contributed by atoms with Crippen LogP contribution in [0.5, 0.6) is 0 Å². The molecule has 9 rings (SSSR count). The normalized spacial score (nSPS) is 13.8. The van der Waals surface area contributed by atoms with Crippen LogP contribution in [0.3, 0.4) is 0 Å². The van der Waals surface area contributed by atoms with Gasteiger partial charge in [0.25, 0.3) is 0 Å². The van der Waals surface area contributed by atoms with Crippen molar-refractivity contribution >= 4 is 63.7 Å². The van der Waals surface area contributed by atoms with Crippen LogP contribution in [-0.4, -0.2) is 14.8 Å². The van der Waals surface area contributed by atoms with E-state index in [4.69, 9.17) is 0 Å². The SMILES string of the molecule is c1ccc(-c2cccc(-c3cc4c5c(c3)[Si](c3ccccc3)(c3ccccc3)c3ccccc3B5c3ccccc3S4)c2)cc1. The first-order chi connectivity index (χ1) is 22.3. The fourth-order valence-corrected chi connectivity index (χ4v) is 14.4. The number of rotatable bonds is 4. The van der Waals surface area contributed by atoms with Crippen LogP contribution < -0.4 is 37.1 Å². The van der Waals surface area contributed by atoms with Crippen LogP contribution in [0, 0.1) is 0 Å². The molecule has 7 aromatic rings. The molecule has 0 amide bonds. The zero-order valence-electron chi connectivity index (χ0n) is 24.7. The van der Waals surface area contributed by atoms with Crippen LogP contribution in [-0.2, 0) is 0 Å². The van der Waals surface area contributed by atoms with E-state index in [0.29, 0.717) is 0 Å². The van der Waals surface area contributed by atoms with Gasteiger partial charge in [0.2, 0.25) is 6.71 Å². The second-order valence-corrected chi connectivity index (χ2v) is 16.8. The van der Waals surface area contributed by atoms with Gasteiger partial charge in [-0.15, -0.1) is 0 Å². The van der Waals surface area contributed by atoms with E-state index in [1.807, 2.05) is 11.8 Å². The molecule has 0 aromatic heterocycles. The highest BCUT2D eigenvalue weighted by molar-refractivity contribution is 8.00. The summed E-state index contributed by atoms with van der Waals surface area (Å²) in [5.41, 5.74) is 9.41. The Kier molecular flexibility index (Phi) is 6.29. The zero-order chi connectivity index (χ0) is 29.8. The molecule has 210 valence electrons. The fourth-order valence-electron chi connectivity index (χ4n) is 7.80. The minimum Gasteiger partial charge on any atom is -0.0912 e. The summed E-state index contributed by atoms with van der Waals surface area (Å²) in [5, 5.41) is 5.89. The third-order valence-corrected chi connectivity index (χ3v) is 15.7. The number of hydrogen-bond acceptors (Lipinski definition) is 1. The molecular weight excluding hydrogens is 575 g/mol. The molecule has 2 heterocycles. The van der Waals surface area contributed by atoms with Crippen LogP contribution in [0.2, 0.25) is 0 Å². The molecule has 2 aliphatic rings. The monoisotopic (exact) mass is 604 g/mol. The van der Waals surface area contributed by atoms with Gasteiger partial charge in [0, 0.05) is 9.79 Å². The van der Waals surface area contributed by atoms with Crippen molar-refractivity contribution < 1.29 is 0 Å². The molecule has 0 bridgehead atoms. The molecule has 45 heavy (non-hydrogen) atoms. The Morgan fingerprint density at radius 2 is 0.933 bits per heavy atom. The van der Waals surface area contributed by atoms with E-state index in [1.54, 1.807) is 0 Å². The van der Waals surface area contributed by atoms with E-state index in [9.17, 15) is 0 Å². The Bertz CT molecular complexity index is 2160. The van der Waals surface area contributed by atoms with Crippen molar-refractivity contribution in [1.29, 1.82) is 0 Å². The summed E-state index contributed by atoms with van der Waals surface area (Å²) in [4.78, 5) is 2.74. The van der Waals surface area contributed by atoms with E-state index in [-0.39, 0.29) is 6.71 Å². The largest absolute Gasteiger partial charge is 0.243 e. The molecule has 0 radical (unpaired) electrons. The highest BCUT2D eigenvalue weighted by atomic mass is 32.2. The molecule has 0 fully saturated rings. The standard InChI is InChI=1S/C42H29BSSi/c1-4-15-30(16-5-1)31-17-14-18-32(27-31)33-28-39-42-41(29-33)45(34-19-6-2-7-20-34,35-21-8-3-9-22-35)40-26-13-11-24-37(40)43(42)36-23-10-12-25-38(36)44-39/h1-29H. The first kappa shape index (κ1) is 26.6. The summed E-state index contributed by atoms with van der Waals surface area (Å²) in [6, 6.07) is 66.0. The van der Waals surface area contributed by atoms with E-state index in [2.05, 4.69) is 176 Å². The lowest BCUT2D eigenvalue weighted by Crippen LogP contribution is -2.87. The average molecular weight is 605 g/mol. The lowest BCUT2D eigenvalue weighted by molar-refractivity contribution is 1.43. The predicted molar refractivity (Wildman–Crippen MR) is 196 cm³/mol. The summed E-state index contributed by atoms with van der Waals surface area (Å²) in [6.07, 6.45) is 0. The summed E-state index contributed by atoms with van der Waals surface area (Å²) < 4.78 is 0. The smallest absolute Gasteiger partial charge is 0.0912 e. The van der Waals surface area contributed by atoms with Gasteiger partial charge in [-0.05, 0) is 61.2 Å². The van der Waals surface area contributed by atoms with Crippen LogP contribution in [0.1, 0.15) is 0 Å². The van der Waals surface area contributed by atoms with Crippen molar-refractivity contribution in [2.45, 2.75) is 9.79 Å². The van der Waals surface area contributed by atoms with Gasteiger partial charge in [0.1, 0.15) is 0 Å². The molecule has 3 heteroatoms. The van der Waals surface area contributed by atoms with Crippen molar-refractivity contribution in [3.05, 3.63) is 176 Å². The van der Waals surface area contributed by atoms with Crippen molar-refractivity contribution in [2.75, 3.05) is 0 Å². The number of benzene rings is 7. The molecule has 0 saturated heterocycles. The highest BCUT2D eigenvalue weighted by Crippen LogP contribution is 2.35. The Labute approximate surface area is 270 Å². The molecule has 7 aromatic carbocycles. The van der Waals surface area contributed by atoms with E-state index >= 15 is 0 Å². The van der Waals surface area contributed by atoms with Crippen LogP contribution in [0.4, 0.5) is 0 Å². The lowest BCUT2D eigenvalue weighted by Gasteiger charge is -2.45. The number of fused-ring (bicyclic) bond motifs is 4. The van der Waals surface area contributed by atoms with E-state index in [0.717, 1.165) is 0 Å². The fraction of sp³-hybridized carbons (Fsp3) is 0. The average Bonchev–Trinajstić information content (AvgIpc) is 3.12. The molecule has 0 aliphatic carbocycles.